The molecule has 0 saturated carbocycles. The average Bonchev–Trinajstić information content (AvgIpc) is 3.23. The quantitative estimate of drug-likeness (QED) is 0.743. The Morgan fingerprint density at radius 2 is 2.00 bits per heavy atom. The van der Waals surface area contributed by atoms with Gasteiger partial charge in [-0.05, 0) is 19.9 Å². The van der Waals surface area contributed by atoms with Crippen LogP contribution in [0.15, 0.2) is 37.1 Å². The van der Waals surface area contributed by atoms with Crippen LogP contribution in [-0.2, 0) is 24.4 Å². The third-order valence-electron chi connectivity index (χ3n) is 3.49. The lowest BCUT2D eigenvalue weighted by Gasteiger charge is -2.04. The first-order valence-electron chi connectivity index (χ1n) is 7.46. The molecule has 8 heteroatoms. The van der Waals surface area contributed by atoms with Gasteiger partial charge in [0.15, 0.2) is 0 Å². The van der Waals surface area contributed by atoms with E-state index in [1.165, 1.54) is 0 Å². The summed E-state index contributed by atoms with van der Waals surface area (Å²) in [6.07, 6.45) is 8.93. The zero-order valence-electron chi connectivity index (χ0n) is 13.2. The Morgan fingerprint density at radius 3 is 2.70 bits per heavy atom. The van der Waals surface area contributed by atoms with E-state index in [0.717, 1.165) is 17.8 Å². The highest BCUT2D eigenvalue weighted by Crippen LogP contribution is 2.08. The van der Waals surface area contributed by atoms with Crippen LogP contribution in [0.25, 0.3) is 0 Å². The number of amides is 1. The number of nitrogens with one attached hydrogen (secondary N) is 1. The van der Waals surface area contributed by atoms with Crippen molar-refractivity contribution >= 4 is 11.6 Å². The highest BCUT2D eigenvalue weighted by Gasteiger charge is 2.08. The third-order valence-corrected chi connectivity index (χ3v) is 3.49. The molecule has 0 bridgehead atoms. The van der Waals surface area contributed by atoms with E-state index in [1.807, 2.05) is 37.0 Å². The van der Waals surface area contributed by atoms with Gasteiger partial charge in [0, 0.05) is 36.4 Å². The molecule has 23 heavy (non-hydrogen) atoms. The van der Waals surface area contributed by atoms with Crippen molar-refractivity contribution < 1.29 is 4.79 Å². The van der Waals surface area contributed by atoms with Crippen molar-refractivity contribution in [2.45, 2.75) is 33.5 Å². The van der Waals surface area contributed by atoms with E-state index in [9.17, 15) is 4.79 Å². The molecule has 1 N–H and O–H groups in total. The molecular formula is C15H19N7O. The van der Waals surface area contributed by atoms with Gasteiger partial charge in [0.1, 0.15) is 6.54 Å². The summed E-state index contributed by atoms with van der Waals surface area (Å²) in [5, 5.41) is 15.4. The molecule has 3 aromatic rings. The maximum absolute atomic E-state index is 12.0. The first-order valence-corrected chi connectivity index (χ1v) is 7.46. The van der Waals surface area contributed by atoms with Gasteiger partial charge in [-0.2, -0.15) is 15.3 Å². The van der Waals surface area contributed by atoms with Gasteiger partial charge < -0.3 is 5.32 Å². The Morgan fingerprint density at radius 1 is 1.17 bits per heavy atom. The van der Waals surface area contributed by atoms with Gasteiger partial charge in [-0.3, -0.25) is 18.8 Å². The molecule has 0 aromatic carbocycles. The molecule has 3 heterocycles. The van der Waals surface area contributed by atoms with E-state index < -0.39 is 0 Å². The molecule has 0 atom stereocenters. The second kappa shape index (κ2) is 6.47. The van der Waals surface area contributed by atoms with Crippen LogP contribution in [0.5, 0.6) is 0 Å². The molecule has 3 aromatic heterocycles. The monoisotopic (exact) mass is 313 g/mol. The molecule has 120 valence electrons. The summed E-state index contributed by atoms with van der Waals surface area (Å²) in [4.78, 5) is 12.0. The molecular weight excluding hydrogens is 294 g/mol. The largest absolute Gasteiger partial charge is 0.322 e. The highest BCUT2D eigenvalue weighted by atomic mass is 16.2. The van der Waals surface area contributed by atoms with Gasteiger partial charge in [-0.15, -0.1) is 0 Å². The van der Waals surface area contributed by atoms with E-state index in [4.69, 9.17) is 0 Å². The lowest BCUT2D eigenvalue weighted by atomic mass is 10.4. The third kappa shape index (κ3) is 3.65. The van der Waals surface area contributed by atoms with Crippen LogP contribution in [0.2, 0.25) is 0 Å². The van der Waals surface area contributed by atoms with E-state index in [-0.39, 0.29) is 12.5 Å². The Kier molecular flexibility index (Phi) is 4.22. The number of nitrogens with zero attached hydrogens (tertiary/aromatic N) is 6. The summed E-state index contributed by atoms with van der Waals surface area (Å²) in [5.74, 6) is -0.129. The van der Waals surface area contributed by atoms with Crippen LogP contribution >= 0.6 is 0 Å². The number of anilines is 1. The Labute approximate surface area is 133 Å². The Hall–Kier alpha value is -2.90. The van der Waals surface area contributed by atoms with Crippen molar-refractivity contribution in [3.8, 4) is 0 Å². The van der Waals surface area contributed by atoms with Crippen molar-refractivity contribution in [1.82, 2.24) is 29.3 Å². The van der Waals surface area contributed by atoms with Crippen molar-refractivity contribution in [2.24, 2.45) is 0 Å². The number of carbonyl (C=O) groups is 1. The van der Waals surface area contributed by atoms with Crippen molar-refractivity contribution in [2.75, 3.05) is 5.32 Å². The molecule has 1 amide bonds. The van der Waals surface area contributed by atoms with Crippen LogP contribution in [0, 0.1) is 6.92 Å². The fourth-order valence-electron chi connectivity index (χ4n) is 2.26. The van der Waals surface area contributed by atoms with Gasteiger partial charge in [-0.1, -0.05) is 0 Å². The molecule has 8 nitrogen and oxygen atoms in total. The minimum Gasteiger partial charge on any atom is -0.322 e. The van der Waals surface area contributed by atoms with E-state index in [2.05, 4.69) is 20.6 Å². The van der Waals surface area contributed by atoms with Gasteiger partial charge in [0.2, 0.25) is 5.91 Å². The molecule has 0 aliphatic rings. The molecule has 0 spiro atoms. The number of carbonyl (C=O) groups excluding carboxylic acids is 1. The zero-order valence-corrected chi connectivity index (χ0v) is 13.2. The fraction of sp³-hybridized carbons (Fsp3) is 0.333. The van der Waals surface area contributed by atoms with E-state index >= 15 is 0 Å². The molecule has 0 unspecified atom stereocenters. The molecule has 3 rings (SSSR count). The van der Waals surface area contributed by atoms with Crippen LogP contribution in [0.1, 0.15) is 18.2 Å². The lowest BCUT2D eigenvalue weighted by molar-refractivity contribution is -0.116. The molecule has 0 fully saturated rings. The fourth-order valence-corrected chi connectivity index (χ4v) is 2.26. The number of hydrogen-bond acceptors (Lipinski definition) is 4. The molecule has 0 radical (unpaired) electrons. The topological polar surface area (TPSA) is 82.6 Å². The zero-order chi connectivity index (χ0) is 16.2. The SMILES string of the molecule is CCn1cc(Cn2cc(NC(=O)Cn3nccc3C)cn2)cn1. The summed E-state index contributed by atoms with van der Waals surface area (Å²) in [5.41, 5.74) is 2.69. The van der Waals surface area contributed by atoms with Crippen molar-refractivity contribution in [3.63, 3.8) is 0 Å². The number of hydrogen-bond donors (Lipinski definition) is 1. The minimum atomic E-state index is -0.129. The van der Waals surface area contributed by atoms with E-state index in [1.54, 1.807) is 28.0 Å². The van der Waals surface area contributed by atoms with Gasteiger partial charge in [0.05, 0.1) is 24.6 Å². The minimum absolute atomic E-state index is 0.129. The first-order chi connectivity index (χ1) is 11.1. The first kappa shape index (κ1) is 15.0. The number of aryl methyl sites for hydroxylation is 2. The Balaban J connectivity index is 1.58. The highest BCUT2D eigenvalue weighted by molar-refractivity contribution is 5.90. The summed E-state index contributed by atoms with van der Waals surface area (Å²) in [7, 11) is 0. The van der Waals surface area contributed by atoms with Crippen LogP contribution < -0.4 is 5.32 Å². The summed E-state index contributed by atoms with van der Waals surface area (Å²) >= 11 is 0. The van der Waals surface area contributed by atoms with Crippen LogP contribution in [0.3, 0.4) is 0 Å². The second-order valence-electron chi connectivity index (χ2n) is 5.31. The van der Waals surface area contributed by atoms with Gasteiger partial charge >= 0.3 is 0 Å². The average molecular weight is 313 g/mol. The summed E-state index contributed by atoms with van der Waals surface area (Å²) in [6, 6.07) is 1.86. The van der Waals surface area contributed by atoms with Crippen molar-refractivity contribution in [3.05, 3.63) is 48.3 Å². The number of aromatic nitrogens is 6. The Bertz CT molecular complexity index is 798. The smallest absolute Gasteiger partial charge is 0.246 e. The lowest BCUT2D eigenvalue weighted by Crippen LogP contribution is -2.19. The number of rotatable bonds is 6. The summed E-state index contributed by atoms with van der Waals surface area (Å²) in [6.45, 7) is 5.60. The standard InChI is InChI=1S/C15H19N7O/c1-3-20-8-13(6-17-20)9-21-10-14(7-18-21)19-15(23)11-22-12(2)4-5-16-22/h4-8,10H,3,9,11H2,1-2H3,(H,19,23). The van der Waals surface area contributed by atoms with E-state index in [0.29, 0.717) is 12.2 Å². The second-order valence-corrected chi connectivity index (χ2v) is 5.31. The maximum Gasteiger partial charge on any atom is 0.246 e. The van der Waals surface area contributed by atoms with Crippen molar-refractivity contribution in [1.29, 1.82) is 0 Å². The predicted molar refractivity (Wildman–Crippen MR) is 84.8 cm³/mol. The normalized spacial score (nSPS) is 10.9. The summed E-state index contributed by atoms with van der Waals surface area (Å²) < 4.78 is 5.29. The van der Waals surface area contributed by atoms with Gasteiger partial charge in [-0.25, -0.2) is 0 Å². The van der Waals surface area contributed by atoms with Crippen LogP contribution in [0.4, 0.5) is 5.69 Å². The maximum atomic E-state index is 12.0. The van der Waals surface area contributed by atoms with Gasteiger partial charge in [0.25, 0.3) is 0 Å². The predicted octanol–water partition coefficient (Wildman–Crippen LogP) is 1.29. The van der Waals surface area contributed by atoms with Crippen LogP contribution in [-0.4, -0.2) is 35.2 Å². The molecule has 0 aliphatic carbocycles. The molecule has 0 aliphatic heterocycles. The molecule has 0 saturated heterocycles.